The second-order valence-electron chi connectivity index (χ2n) is 4.71. The number of nitrogens with one attached hydrogen (secondary N) is 1. The van der Waals surface area contributed by atoms with Crippen molar-refractivity contribution < 1.29 is 14.8 Å². The average Bonchev–Trinajstić information content (AvgIpc) is 2.52. The number of hydrogen-bond donors (Lipinski definition) is 2. The van der Waals surface area contributed by atoms with Gasteiger partial charge in [-0.2, -0.15) is 0 Å². The van der Waals surface area contributed by atoms with Gasteiger partial charge in [0.2, 0.25) is 0 Å². The zero-order valence-corrected chi connectivity index (χ0v) is 11.6. The summed E-state index contributed by atoms with van der Waals surface area (Å²) in [5.74, 6) is -0.654. The van der Waals surface area contributed by atoms with E-state index in [1.807, 2.05) is 30.3 Å². The van der Waals surface area contributed by atoms with Crippen LogP contribution >= 0.6 is 0 Å². The van der Waals surface area contributed by atoms with Crippen molar-refractivity contribution in [2.75, 3.05) is 5.06 Å². The molecule has 0 aromatic heterocycles. The van der Waals surface area contributed by atoms with E-state index < -0.39 is 11.1 Å². The normalized spacial score (nSPS) is 16.7. The summed E-state index contributed by atoms with van der Waals surface area (Å²) in [7, 11) is 0. The van der Waals surface area contributed by atoms with Crippen LogP contribution < -0.4 is 16.0 Å². The first-order valence-electron chi connectivity index (χ1n) is 6.67. The molecule has 2 aromatic rings. The van der Waals surface area contributed by atoms with Crippen molar-refractivity contribution in [3.63, 3.8) is 0 Å². The summed E-state index contributed by atoms with van der Waals surface area (Å²) >= 11 is 0. The van der Waals surface area contributed by atoms with Crippen LogP contribution in [0.3, 0.4) is 0 Å². The molecule has 1 aliphatic heterocycles. The first kappa shape index (κ1) is 14.1. The SMILES string of the molecule is NC1=N[NH+]([O-])c2ccccc2N1OC(=O)Cc1ccccc1. The fraction of sp³-hybridized carbons (Fsp3) is 0.0667. The lowest BCUT2D eigenvalue weighted by atomic mass is 10.2. The maximum absolute atomic E-state index is 12.1. The summed E-state index contributed by atoms with van der Waals surface area (Å²) in [6.07, 6.45) is 0.0979. The Kier molecular flexibility index (Phi) is 3.73. The van der Waals surface area contributed by atoms with Gasteiger partial charge in [0.25, 0.3) is 5.96 Å². The smallest absolute Gasteiger partial charge is 0.337 e. The zero-order valence-electron chi connectivity index (χ0n) is 11.6. The lowest BCUT2D eigenvalue weighted by Crippen LogP contribution is -2.98. The molecule has 0 saturated carbocycles. The van der Waals surface area contributed by atoms with E-state index in [0.717, 1.165) is 10.6 Å². The average molecular weight is 298 g/mol. The number of nitrogens with two attached hydrogens (primary N) is 1. The van der Waals surface area contributed by atoms with Gasteiger partial charge < -0.3 is 15.8 Å². The second-order valence-corrected chi connectivity index (χ2v) is 4.71. The number of fused-ring (bicyclic) bond motifs is 1. The van der Waals surface area contributed by atoms with Crippen molar-refractivity contribution in [3.05, 3.63) is 65.4 Å². The van der Waals surface area contributed by atoms with Gasteiger partial charge in [-0.3, -0.25) is 0 Å². The Balaban J connectivity index is 1.79. The number of hydrogen-bond acceptors (Lipinski definition) is 6. The van der Waals surface area contributed by atoms with Crippen molar-refractivity contribution in [3.8, 4) is 0 Å². The Morgan fingerprint density at radius 3 is 2.64 bits per heavy atom. The largest absolute Gasteiger partial charge is 0.601 e. The Morgan fingerprint density at radius 1 is 1.18 bits per heavy atom. The highest BCUT2D eigenvalue weighted by atomic mass is 16.7. The lowest BCUT2D eigenvalue weighted by Gasteiger charge is -2.29. The number of guanidine groups is 1. The number of hydroxylamine groups is 1. The van der Waals surface area contributed by atoms with Gasteiger partial charge in [-0.1, -0.05) is 42.5 Å². The number of quaternary nitrogens is 1. The van der Waals surface area contributed by atoms with Crippen LogP contribution in [0.25, 0.3) is 0 Å². The maximum atomic E-state index is 12.1. The molecule has 0 amide bonds. The topological polar surface area (TPSA) is 95.4 Å². The van der Waals surface area contributed by atoms with Crippen LogP contribution in [0.4, 0.5) is 11.4 Å². The Bertz CT molecular complexity index is 718. The van der Waals surface area contributed by atoms with Crippen molar-refractivity contribution in [2.45, 2.75) is 6.42 Å². The monoisotopic (exact) mass is 298 g/mol. The molecule has 0 bridgehead atoms. The van der Waals surface area contributed by atoms with E-state index in [0.29, 0.717) is 11.4 Å². The number of nitrogens with zero attached hydrogens (tertiary/aromatic N) is 2. The molecule has 1 heterocycles. The lowest BCUT2D eigenvalue weighted by molar-refractivity contribution is -0.784. The molecular weight excluding hydrogens is 284 g/mol. The van der Waals surface area contributed by atoms with Crippen LogP contribution in [-0.2, 0) is 16.1 Å². The van der Waals surface area contributed by atoms with Gasteiger partial charge in [0.05, 0.1) is 6.42 Å². The highest BCUT2D eigenvalue weighted by Gasteiger charge is 2.28. The summed E-state index contributed by atoms with van der Waals surface area (Å²) in [5, 5.41) is 16.1. The Labute approximate surface area is 126 Å². The van der Waals surface area contributed by atoms with E-state index in [4.69, 9.17) is 10.6 Å². The molecule has 1 atom stereocenters. The predicted octanol–water partition coefficient (Wildman–Crippen LogP) is 0.451. The predicted molar refractivity (Wildman–Crippen MR) is 80.8 cm³/mol. The zero-order chi connectivity index (χ0) is 15.5. The van der Waals surface area contributed by atoms with E-state index in [9.17, 15) is 10.0 Å². The standard InChI is InChI=1S/C15H14N4O3/c16-15-17-19(21)13-9-5-4-8-12(13)18(15)22-14(20)10-11-6-2-1-3-7-11/h1-9,19H,10H2,(H2,16,17). The minimum atomic E-state index is -0.492. The minimum Gasteiger partial charge on any atom is -0.601 e. The van der Waals surface area contributed by atoms with Crippen molar-refractivity contribution in [2.24, 2.45) is 10.8 Å². The number of para-hydroxylation sites is 1. The minimum absolute atomic E-state index is 0.0979. The second kappa shape index (κ2) is 5.84. The van der Waals surface area contributed by atoms with E-state index in [2.05, 4.69) is 5.10 Å². The van der Waals surface area contributed by atoms with E-state index in [1.54, 1.807) is 24.3 Å². The molecular formula is C15H14N4O3. The summed E-state index contributed by atoms with van der Waals surface area (Å²) < 4.78 is 0. The maximum Gasteiger partial charge on any atom is 0.337 e. The third-order valence-corrected chi connectivity index (χ3v) is 3.16. The van der Waals surface area contributed by atoms with E-state index in [1.165, 1.54) is 0 Å². The molecule has 2 aromatic carbocycles. The van der Waals surface area contributed by atoms with Crippen LogP contribution in [0.1, 0.15) is 5.56 Å². The third-order valence-electron chi connectivity index (χ3n) is 3.16. The molecule has 0 radical (unpaired) electrons. The van der Waals surface area contributed by atoms with Crippen LogP contribution in [0.15, 0.2) is 59.7 Å². The van der Waals surface area contributed by atoms with Gasteiger partial charge in [0.1, 0.15) is 5.69 Å². The Hall–Kier alpha value is -2.90. The number of benzene rings is 2. The van der Waals surface area contributed by atoms with Gasteiger partial charge >= 0.3 is 5.97 Å². The molecule has 0 saturated heterocycles. The fourth-order valence-corrected chi connectivity index (χ4v) is 2.16. The van der Waals surface area contributed by atoms with Crippen molar-refractivity contribution in [1.82, 2.24) is 0 Å². The highest BCUT2D eigenvalue weighted by Crippen LogP contribution is 2.24. The van der Waals surface area contributed by atoms with Crippen LogP contribution in [0.2, 0.25) is 0 Å². The molecule has 112 valence electrons. The quantitative estimate of drug-likeness (QED) is 0.802. The van der Waals surface area contributed by atoms with Gasteiger partial charge in [-0.15, -0.1) is 5.06 Å². The summed E-state index contributed by atoms with van der Waals surface area (Å²) in [4.78, 5) is 17.3. The molecule has 0 fully saturated rings. The summed E-state index contributed by atoms with van der Waals surface area (Å²) in [6.45, 7) is 0. The number of anilines is 1. The molecule has 22 heavy (non-hydrogen) atoms. The molecule has 3 N–H and O–H groups in total. The summed E-state index contributed by atoms with van der Waals surface area (Å²) in [6, 6.07) is 15.9. The first-order valence-corrected chi connectivity index (χ1v) is 6.67. The molecule has 1 unspecified atom stereocenters. The summed E-state index contributed by atoms with van der Waals surface area (Å²) in [5.41, 5.74) is 7.27. The van der Waals surface area contributed by atoms with Gasteiger partial charge in [0.15, 0.2) is 5.69 Å². The first-order chi connectivity index (χ1) is 10.6. The van der Waals surface area contributed by atoms with Crippen LogP contribution in [0, 0.1) is 5.21 Å². The van der Waals surface area contributed by atoms with Gasteiger partial charge in [-0.25, -0.2) is 9.97 Å². The number of carbonyl (C=O) groups excluding carboxylic acids is 1. The van der Waals surface area contributed by atoms with E-state index >= 15 is 0 Å². The van der Waals surface area contributed by atoms with Crippen molar-refractivity contribution >= 4 is 23.3 Å². The molecule has 3 rings (SSSR count). The van der Waals surface area contributed by atoms with Crippen LogP contribution in [-0.4, -0.2) is 11.9 Å². The van der Waals surface area contributed by atoms with E-state index in [-0.39, 0.29) is 12.4 Å². The molecule has 7 nitrogen and oxygen atoms in total. The fourth-order valence-electron chi connectivity index (χ4n) is 2.16. The number of rotatable bonds is 3. The van der Waals surface area contributed by atoms with Crippen LogP contribution in [0.5, 0.6) is 0 Å². The molecule has 1 aliphatic rings. The molecule has 0 spiro atoms. The Morgan fingerprint density at radius 2 is 1.86 bits per heavy atom. The van der Waals surface area contributed by atoms with Gasteiger partial charge in [0, 0.05) is 6.07 Å². The van der Waals surface area contributed by atoms with Crippen molar-refractivity contribution in [1.29, 1.82) is 0 Å². The molecule has 0 aliphatic carbocycles. The molecule has 7 heteroatoms. The third kappa shape index (κ3) is 2.76. The van der Waals surface area contributed by atoms with Gasteiger partial charge in [-0.05, 0) is 16.7 Å². The number of carbonyl (C=O) groups is 1. The highest BCUT2D eigenvalue weighted by molar-refractivity contribution is 5.97.